The Morgan fingerprint density at radius 1 is 1.07 bits per heavy atom. The normalized spacial score (nSPS) is 16.5. The fourth-order valence-electron chi connectivity index (χ4n) is 3.57. The van der Waals surface area contributed by atoms with Crippen molar-refractivity contribution >= 4 is 23.0 Å². The zero-order valence-corrected chi connectivity index (χ0v) is 16.5. The van der Waals surface area contributed by atoms with Gasteiger partial charge in [0.1, 0.15) is 0 Å². The average molecular weight is 404 g/mol. The fraction of sp³-hybridized carbons (Fsp3) is 0.174. The van der Waals surface area contributed by atoms with E-state index in [-0.39, 0.29) is 24.3 Å². The summed E-state index contributed by atoms with van der Waals surface area (Å²) in [7, 11) is 0. The Labute approximate surface area is 173 Å². The summed E-state index contributed by atoms with van der Waals surface area (Å²) in [5.74, 6) is -1.16. The van der Waals surface area contributed by atoms with Gasteiger partial charge in [-0.3, -0.25) is 14.6 Å². The van der Waals surface area contributed by atoms with Crippen LogP contribution in [0.25, 0.3) is 0 Å². The van der Waals surface area contributed by atoms with Crippen LogP contribution in [-0.2, 0) is 22.6 Å². The number of aliphatic hydroxyl groups excluding tert-OH is 1. The lowest BCUT2D eigenvalue weighted by Crippen LogP contribution is -2.30. The number of ketones is 1. The van der Waals surface area contributed by atoms with E-state index in [0.29, 0.717) is 6.42 Å². The van der Waals surface area contributed by atoms with E-state index in [1.54, 1.807) is 23.4 Å². The molecule has 3 heterocycles. The van der Waals surface area contributed by atoms with Crippen molar-refractivity contribution in [2.45, 2.75) is 25.4 Å². The molecule has 1 aliphatic rings. The number of hydrogen-bond donors (Lipinski definition) is 1. The van der Waals surface area contributed by atoms with E-state index in [4.69, 9.17) is 0 Å². The summed E-state index contributed by atoms with van der Waals surface area (Å²) < 4.78 is 0. The molecule has 0 fully saturated rings. The molecule has 4 rings (SSSR count). The smallest absolute Gasteiger partial charge is 0.290 e. The maximum atomic E-state index is 13.1. The number of aromatic nitrogens is 1. The summed E-state index contributed by atoms with van der Waals surface area (Å²) in [5, 5.41) is 12.5. The van der Waals surface area contributed by atoms with Gasteiger partial charge in [-0.25, -0.2) is 0 Å². The molecular weight excluding hydrogens is 384 g/mol. The van der Waals surface area contributed by atoms with Gasteiger partial charge < -0.3 is 10.0 Å². The zero-order valence-electron chi connectivity index (χ0n) is 15.7. The Hall–Kier alpha value is -3.25. The van der Waals surface area contributed by atoms with Gasteiger partial charge in [-0.15, -0.1) is 11.3 Å². The number of carbonyl (C=O) groups is 2. The summed E-state index contributed by atoms with van der Waals surface area (Å²) in [5.41, 5.74) is 2.08. The van der Waals surface area contributed by atoms with Crippen LogP contribution in [0.1, 0.15) is 28.5 Å². The van der Waals surface area contributed by atoms with Crippen LogP contribution in [0, 0.1) is 0 Å². The number of aliphatic hydroxyl groups is 1. The number of thiophene rings is 1. The van der Waals surface area contributed by atoms with Crippen molar-refractivity contribution in [1.29, 1.82) is 0 Å². The highest BCUT2D eigenvalue weighted by Crippen LogP contribution is 2.41. The lowest BCUT2D eigenvalue weighted by Gasteiger charge is -2.25. The molecule has 0 spiro atoms. The van der Waals surface area contributed by atoms with Crippen LogP contribution in [0.4, 0.5) is 0 Å². The van der Waals surface area contributed by atoms with Gasteiger partial charge in [-0.1, -0.05) is 42.5 Å². The highest BCUT2D eigenvalue weighted by Gasteiger charge is 2.43. The van der Waals surface area contributed by atoms with E-state index in [2.05, 4.69) is 4.98 Å². The fourth-order valence-corrected chi connectivity index (χ4v) is 4.42. The third-order valence-electron chi connectivity index (χ3n) is 4.98. The quantitative estimate of drug-likeness (QED) is 0.639. The van der Waals surface area contributed by atoms with Crippen LogP contribution in [0.15, 0.2) is 83.7 Å². The van der Waals surface area contributed by atoms with Crippen LogP contribution in [0.3, 0.4) is 0 Å². The van der Waals surface area contributed by atoms with E-state index >= 15 is 0 Å². The lowest BCUT2D eigenvalue weighted by molar-refractivity contribution is -0.130. The van der Waals surface area contributed by atoms with Gasteiger partial charge in [0.15, 0.2) is 11.5 Å². The molecule has 5 nitrogen and oxygen atoms in total. The van der Waals surface area contributed by atoms with Crippen molar-refractivity contribution in [3.8, 4) is 0 Å². The lowest BCUT2D eigenvalue weighted by atomic mass is 9.97. The Balaban J connectivity index is 1.62. The van der Waals surface area contributed by atoms with E-state index < -0.39 is 17.7 Å². The summed E-state index contributed by atoms with van der Waals surface area (Å²) in [6.07, 6.45) is 4.15. The number of hydrogen-bond acceptors (Lipinski definition) is 5. The Bertz CT molecular complexity index is 1030. The third-order valence-corrected chi connectivity index (χ3v) is 5.90. The van der Waals surface area contributed by atoms with E-state index in [0.717, 1.165) is 16.0 Å². The Kier molecular flexibility index (Phi) is 5.53. The number of amides is 1. The second kappa shape index (κ2) is 8.41. The molecule has 1 atom stereocenters. The maximum Gasteiger partial charge on any atom is 0.290 e. The maximum absolute atomic E-state index is 13.1. The highest BCUT2D eigenvalue weighted by atomic mass is 32.1. The van der Waals surface area contributed by atoms with Gasteiger partial charge in [0.2, 0.25) is 0 Å². The monoisotopic (exact) mass is 404 g/mol. The van der Waals surface area contributed by atoms with E-state index in [1.165, 1.54) is 11.3 Å². The minimum Gasteiger partial charge on any atom is -0.503 e. The third kappa shape index (κ3) is 3.98. The van der Waals surface area contributed by atoms with Crippen LogP contribution >= 0.6 is 11.3 Å². The van der Waals surface area contributed by atoms with Gasteiger partial charge in [0.05, 0.1) is 11.6 Å². The molecule has 0 bridgehead atoms. The minimum absolute atomic E-state index is 0.192. The number of nitrogens with zero attached hydrogens (tertiary/aromatic N) is 2. The van der Waals surface area contributed by atoms with Crippen LogP contribution < -0.4 is 0 Å². The summed E-state index contributed by atoms with van der Waals surface area (Å²) in [6.45, 7) is 0.273. The van der Waals surface area contributed by atoms with Crippen molar-refractivity contribution in [3.63, 3.8) is 0 Å². The van der Waals surface area contributed by atoms with Crippen molar-refractivity contribution < 1.29 is 14.7 Å². The molecule has 1 N–H and O–H groups in total. The SMILES string of the molecule is O=C(CCc1ccccc1)C1=C(O)C(=O)N(Cc2cccnc2)C1c1cccs1. The summed E-state index contributed by atoms with van der Waals surface area (Å²) in [4.78, 5) is 32.4. The van der Waals surface area contributed by atoms with E-state index in [1.807, 2.05) is 53.9 Å². The standard InChI is InChI=1S/C23H20N2O3S/c26-18(11-10-16-6-2-1-3-7-16)20-21(19-9-5-13-29-19)25(23(28)22(20)27)15-17-8-4-12-24-14-17/h1-9,12-14,21,27H,10-11,15H2. The molecule has 0 aliphatic carbocycles. The van der Waals surface area contributed by atoms with E-state index in [9.17, 15) is 14.7 Å². The first-order valence-corrected chi connectivity index (χ1v) is 10.3. The predicted octanol–water partition coefficient (Wildman–Crippen LogP) is 4.24. The molecule has 6 heteroatoms. The van der Waals surface area contributed by atoms with Gasteiger partial charge in [-0.05, 0) is 35.1 Å². The predicted molar refractivity (Wildman–Crippen MR) is 111 cm³/mol. The molecule has 1 aromatic carbocycles. The Morgan fingerprint density at radius 3 is 2.55 bits per heavy atom. The van der Waals surface area contributed by atoms with Gasteiger partial charge in [0.25, 0.3) is 5.91 Å². The number of rotatable bonds is 7. The van der Waals surface area contributed by atoms with Crippen molar-refractivity contribution in [3.05, 3.63) is 99.7 Å². The van der Waals surface area contributed by atoms with Crippen LogP contribution in [0.5, 0.6) is 0 Å². The molecule has 0 saturated carbocycles. The number of aryl methyl sites for hydroxylation is 1. The highest BCUT2D eigenvalue weighted by molar-refractivity contribution is 7.10. The molecule has 0 radical (unpaired) electrons. The minimum atomic E-state index is -0.578. The molecule has 1 unspecified atom stereocenters. The van der Waals surface area contributed by atoms with Gasteiger partial charge in [0, 0.05) is 30.2 Å². The molecule has 1 amide bonds. The van der Waals surface area contributed by atoms with Gasteiger partial charge in [-0.2, -0.15) is 0 Å². The second-order valence-corrected chi connectivity index (χ2v) is 7.86. The molecule has 29 heavy (non-hydrogen) atoms. The first-order chi connectivity index (χ1) is 14.1. The average Bonchev–Trinajstić information content (AvgIpc) is 3.36. The molecule has 3 aromatic rings. The van der Waals surface area contributed by atoms with Crippen LogP contribution in [0.2, 0.25) is 0 Å². The van der Waals surface area contributed by atoms with Gasteiger partial charge >= 0.3 is 0 Å². The van der Waals surface area contributed by atoms with Crippen LogP contribution in [-0.4, -0.2) is 26.7 Å². The van der Waals surface area contributed by atoms with Crippen molar-refractivity contribution in [1.82, 2.24) is 9.88 Å². The molecule has 146 valence electrons. The Morgan fingerprint density at radius 2 is 1.86 bits per heavy atom. The van der Waals surface area contributed by atoms with Crippen molar-refractivity contribution in [2.75, 3.05) is 0 Å². The summed E-state index contributed by atoms with van der Waals surface area (Å²) in [6, 6.07) is 16.6. The molecular formula is C23H20N2O3S. The number of carbonyl (C=O) groups excluding carboxylic acids is 2. The summed E-state index contributed by atoms with van der Waals surface area (Å²) >= 11 is 1.47. The van der Waals surface area contributed by atoms with Crippen molar-refractivity contribution in [2.24, 2.45) is 0 Å². The number of benzene rings is 1. The topological polar surface area (TPSA) is 70.5 Å². The second-order valence-electron chi connectivity index (χ2n) is 6.88. The molecule has 2 aromatic heterocycles. The first-order valence-electron chi connectivity index (χ1n) is 9.38. The molecule has 1 aliphatic heterocycles. The largest absolute Gasteiger partial charge is 0.503 e. The first kappa shape index (κ1) is 19.1. The molecule has 0 saturated heterocycles. The zero-order chi connectivity index (χ0) is 20.2. The number of Topliss-reactive ketones (excluding diaryl/α,β-unsaturated/α-hetero) is 1. The number of pyridine rings is 1.